The van der Waals surface area contributed by atoms with E-state index in [4.69, 9.17) is 4.74 Å². The van der Waals surface area contributed by atoms with Crippen molar-refractivity contribution >= 4 is 40.9 Å². The Balaban J connectivity index is 1.59. The van der Waals surface area contributed by atoms with Gasteiger partial charge in [-0.1, -0.05) is 6.07 Å². The summed E-state index contributed by atoms with van der Waals surface area (Å²) in [7, 11) is 0. The highest BCUT2D eigenvalue weighted by Gasteiger charge is 2.18. The summed E-state index contributed by atoms with van der Waals surface area (Å²) in [6.07, 6.45) is 0. The van der Waals surface area contributed by atoms with Crippen molar-refractivity contribution in [3.63, 3.8) is 0 Å². The Bertz CT molecular complexity index is 875. The Kier molecular flexibility index (Phi) is 5.27. The number of carbonyl (C=O) groups excluding carboxylic acids is 3. The highest BCUT2D eigenvalue weighted by molar-refractivity contribution is 8.00. The summed E-state index contributed by atoms with van der Waals surface area (Å²) in [6, 6.07) is 10.6. The van der Waals surface area contributed by atoms with Gasteiger partial charge in [-0.05, 0) is 55.3 Å². The van der Waals surface area contributed by atoms with Crippen LogP contribution >= 0.6 is 11.8 Å². The maximum absolute atomic E-state index is 12.2. The molecule has 2 amide bonds. The zero-order chi connectivity index (χ0) is 18.7. The average molecular weight is 370 g/mol. The molecule has 2 N–H and O–H groups in total. The highest BCUT2D eigenvalue weighted by Crippen LogP contribution is 2.32. The molecule has 0 unspecified atom stereocenters. The molecule has 0 fully saturated rings. The van der Waals surface area contributed by atoms with Gasteiger partial charge < -0.3 is 15.4 Å². The quantitative estimate of drug-likeness (QED) is 0.808. The number of fused-ring (bicyclic) bond motifs is 1. The minimum Gasteiger partial charge on any atom is -0.452 e. The molecule has 0 atom stereocenters. The molecule has 1 aliphatic heterocycles. The molecule has 0 saturated carbocycles. The maximum Gasteiger partial charge on any atom is 0.338 e. The monoisotopic (exact) mass is 370 g/mol. The highest BCUT2D eigenvalue weighted by atomic mass is 32.2. The van der Waals surface area contributed by atoms with E-state index in [1.165, 1.54) is 11.8 Å². The van der Waals surface area contributed by atoms with E-state index in [0.717, 1.165) is 16.0 Å². The third kappa shape index (κ3) is 4.43. The van der Waals surface area contributed by atoms with Gasteiger partial charge in [-0.15, -0.1) is 11.8 Å². The minimum absolute atomic E-state index is 0.110. The van der Waals surface area contributed by atoms with Crippen LogP contribution in [0.15, 0.2) is 41.3 Å². The van der Waals surface area contributed by atoms with Gasteiger partial charge in [0.25, 0.3) is 5.91 Å². The van der Waals surface area contributed by atoms with E-state index < -0.39 is 11.9 Å². The van der Waals surface area contributed by atoms with Crippen molar-refractivity contribution < 1.29 is 19.1 Å². The van der Waals surface area contributed by atoms with Gasteiger partial charge in [-0.3, -0.25) is 9.59 Å². The van der Waals surface area contributed by atoms with Gasteiger partial charge in [0.05, 0.1) is 17.0 Å². The van der Waals surface area contributed by atoms with Crippen LogP contribution in [0, 0.1) is 13.8 Å². The van der Waals surface area contributed by atoms with Gasteiger partial charge in [0.15, 0.2) is 6.61 Å². The number of thioether (sulfide) groups is 1. The molecule has 6 nitrogen and oxygen atoms in total. The van der Waals surface area contributed by atoms with E-state index in [0.29, 0.717) is 17.1 Å². The second-order valence-electron chi connectivity index (χ2n) is 6.05. The van der Waals surface area contributed by atoms with Gasteiger partial charge in [0, 0.05) is 10.6 Å². The summed E-state index contributed by atoms with van der Waals surface area (Å²) < 4.78 is 5.07. The van der Waals surface area contributed by atoms with Crippen LogP contribution in [0.4, 0.5) is 11.4 Å². The average Bonchev–Trinajstić information content (AvgIpc) is 2.58. The van der Waals surface area contributed by atoms with Crippen molar-refractivity contribution in [2.24, 2.45) is 0 Å². The second kappa shape index (κ2) is 7.61. The third-order valence-corrected chi connectivity index (χ3v) is 4.76. The second-order valence-corrected chi connectivity index (χ2v) is 7.07. The summed E-state index contributed by atoms with van der Waals surface area (Å²) >= 11 is 1.41. The molecule has 2 aromatic carbocycles. The number of hydrogen-bond donors (Lipinski definition) is 2. The lowest BCUT2D eigenvalue weighted by atomic mass is 10.1. The lowest BCUT2D eigenvalue weighted by molar-refractivity contribution is -0.119. The Labute approximate surface area is 155 Å². The molecule has 0 spiro atoms. The van der Waals surface area contributed by atoms with Gasteiger partial charge in [0.2, 0.25) is 5.91 Å². The van der Waals surface area contributed by atoms with E-state index in [1.807, 2.05) is 32.0 Å². The lowest BCUT2D eigenvalue weighted by Crippen LogP contribution is -2.22. The molecule has 3 rings (SSSR count). The fourth-order valence-electron chi connectivity index (χ4n) is 2.67. The number of rotatable bonds is 4. The van der Waals surface area contributed by atoms with Crippen molar-refractivity contribution in [1.82, 2.24) is 0 Å². The zero-order valence-electron chi connectivity index (χ0n) is 14.4. The molecular formula is C19H18N2O4S. The fraction of sp³-hybridized carbons (Fsp3) is 0.211. The van der Waals surface area contributed by atoms with Crippen LogP contribution in [-0.4, -0.2) is 30.1 Å². The first-order valence-corrected chi connectivity index (χ1v) is 9.01. The first-order valence-electron chi connectivity index (χ1n) is 8.03. The van der Waals surface area contributed by atoms with E-state index in [-0.39, 0.29) is 18.1 Å². The molecule has 0 radical (unpaired) electrons. The number of aryl methyl sites for hydroxylation is 2. The number of esters is 1. The first kappa shape index (κ1) is 18.0. The summed E-state index contributed by atoms with van der Waals surface area (Å²) in [4.78, 5) is 36.5. The lowest BCUT2D eigenvalue weighted by Gasteiger charge is -2.16. The van der Waals surface area contributed by atoms with Gasteiger partial charge in [-0.2, -0.15) is 0 Å². The molecule has 0 aliphatic carbocycles. The number of amides is 2. The largest absolute Gasteiger partial charge is 0.452 e. The molecule has 0 saturated heterocycles. The summed E-state index contributed by atoms with van der Waals surface area (Å²) in [5.74, 6) is -0.783. The smallest absolute Gasteiger partial charge is 0.338 e. The van der Waals surface area contributed by atoms with E-state index >= 15 is 0 Å². The zero-order valence-corrected chi connectivity index (χ0v) is 15.2. The molecule has 2 aromatic rings. The van der Waals surface area contributed by atoms with Gasteiger partial charge in [-0.25, -0.2) is 4.79 Å². The molecule has 1 heterocycles. The standard InChI is InChI=1S/C19H18N2O4S/c1-11-5-12(2)7-14(6-11)20-17(22)9-25-19(24)13-3-4-16-15(8-13)21-18(23)10-26-16/h3-8H,9-10H2,1-2H3,(H,20,22)(H,21,23). The summed E-state index contributed by atoms with van der Waals surface area (Å²) in [6.45, 7) is 3.50. The van der Waals surface area contributed by atoms with Crippen LogP contribution < -0.4 is 10.6 Å². The molecular weight excluding hydrogens is 352 g/mol. The Hall–Kier alpha value is -2.80. The van der Waals surface area contributed by atoms with Crippen LogP contribution in [0.1, 0.15) is 21.5 Å². The number of nitrogens with one attached hydrogen (secondary N) is 2. The number of benzene rings is 2. The number of carbonyl (C=O) groups is 3. The molecule has 134 valence electrons. The summed E-state index contributed by atoms with van der Waals surface area (Å²) in [5, 5.41) is 5.43. The van der Waals surface area contributed by atoms with E-state index in [1.54, 1.807) is 18.2 Å². The van der Waals surface area contributed by atoms with Crippen LogP contribution in [0.5, 0.6) is 0 Å². The SMILES string of the molecule is Cc1cc(C)cc(NC(=O)COC(=O)c2ccc3c(c2)NC(=O)CS3)c1. The number of hydrogen-bond acceptors (Lipinski definition) is 5. The third-order valence-electron chi connectivity index (χ3n) is 3.69. The molecule has 7 heteroatoms. The number of anilines is 2. The van der Waals surface area contributed by atoms with Crippen molar-refractivity contribution in [3.05, 3.63) is 53.1 Å². The Morgan fingerprint density at radius 2 is 1.88 bits per heavy atom. The molecule has 1 aliphatic rings. The fourth-order valence-corrected chi connectivity index (χ4v) is 3.46. The topological polar surface area (TPSA) is 84.5 Å². The van der Waals surface area contributed by atoms with E-state index in [2.05, 4.69) is 10.6 Å². The summed E-state index contributed by atoms with van der Waals surface area (Å²) in [5.41, 5.74) is 3.60. The van der Waals surface area contributed by atoms with Crippen molar-refractivity contribution in [2.75, 3.05) is 23.0 Å². The van der Waals surface area contributed by atoms with Crippen molar-refractivity contribution in [3.8, 4) is 0 Å². The van der Waals surface area contributed by atoms with Gasteiger partial charge >= 0.3 is 5.97 Å². The van der Waals surface area contributed by atoms with E-state index in [9.17, 15) is 14.4 Å². The van der Waals surface area contributed by atoms with Crippen LogP contribution in [0.3, 0.4) is 0 Å². The minimum atomic E-state index is -0.617. The molecule has 0 aromatic heterocycles. The van der Waals surface area contributed by atoms with Crippen molar-refractivity contribution in [1.29, 1.82) is 0 Å². The normalized spacial score (nSPS) is 12.8. The molecule has 0 bridgehead atoms. The Morgan fingerprint density at radius 3 is 2.62 bits per heavy atom. The predicted octanol–water partition coefficient (Wildman–Crippen LogP) is 3.14. The van der Waals surface area contributed by atoms with Crippen LogP contribution in [0.2, 0.25) is 0 Å². The number of ether oxygens (including phenoxy) is 1. The van der Waals surface area contributed by atoms with Gasteiger partial charge in [0.1, 0.15) is 0 Å². The van der Waals surface area contributed by atoms with Crippen LogP contribution in [-0.2, 0) is 14.3 Å². The Morgan fingerprint density at radius 1 is 1.15 bits per heavy atom. The first-order chi connectivity index (χ1) is 12.4. The predicted molar refractivity (Wildman–Crippen MR) is 101 cm³/mol. The van der Waals surface area contributed by atoms with Crippen LogP contribution in [0.25, 0.3) is 0 Å². The molecule has 26 heavy (non-hydrogen) atoms. The maximum atomic E-state index is 12.2. The van der Waals surface area contributed by atoms with Crippen molar-refractivity contribution in [2.45, 2.75) is 18.7 Å².